The lowest BCUT2D eigenvalue weighted by Gasteiger charge is -2.06. The minimum Gasteiger partial charge on any atom is -0.868 e. The van der Waals surface area contributed by atoms with Crippen LogP contribution in [0.2, 0.25) is 0 Å². The molecule has 0 radical (unpaired) electrons. The number of hydrogen-bond acceptors (Lipinski definition) is 5. The topological polar surface area (TPSA) is 112 Å². The van der Waals surface area contributed by atoms with Gasteiger partial charge >= 0.3 is 0 Å². The molecule has 0 spiro atoms. The molecule has 114 valence electrons. The fourth-order valence-electron chi connectivity index (χ4n) is 1.82. The number of nitro groups is 1. The van der Waals surface area contributed by atoms with E-state index >= 15 is 0 Å². The second-order valence-corrected chi connectivity index (χ2v) is 5.03. The molecule has 1 aromatic carbocycles. The zero-order valence-corrected chi connectivity index (χ0v) is 12.1. The van der Waals surface area contributed by atoms with Gasteiger partial charge in [0.15, 0.2) is 0 Å². The van der Waals surface area contributed by atoms with E-state index in [2.05, 4.69) is 9.97 Å². The first-order valence-corrected chi connectivity index (χ1v) is 6.61. The first kappa shape index (κ1) is 15.4. The van der Waals surface area contributed by atoms with Crippen LogP contribution in [-0.2, 0) is 0 Å². The highest BCUT2D eigenvalue weighted by Gasteiger charge is 2.07. The van der Waals surface area contributed by atoms with E-state index in [9.17, 15) is 20.0 Å². The molecule has 0 saturated carbocycles. The Kier molecular flexibility index (Phi) is 4.36. The molecule has 0 fully saturated rings. The fraction of sp³-hybridized carbons (Fsp3) is 0.200. The second kappa shape index (κ2) is 6.21. The van der Waals surface area contributed by atoms with E-state index in [0.717, 1.165) is 6.07 Å². The lowest BCUT2D eigenvalue weighted by Crippen LogP contribution is -2.12. The third-order valence-corrected chi connectivity index (χ3v) is 2.95. The van der Waals surface area contributed by atoms with E-state index in [1.54, 1.807) is 12.2 Å². The second-order valence-electron chi connectivity index (χ2n) is 5.03. The van der Waals surface area contributed by atoms with Crippen molar-refractivity contribution in [3.8, 4) is 5.75 Å². The third-order valence-electron chi connectivity index (χ3n) is 2.95. The van der Waals surface area contributed by atoms with Crippen LogP contribution < -0.4 is 10.7 Å². The van der Waals surface area contributed by atoms with Crippen molar-refractivity contribution in [2.24, 2.45) is 0 Å². The van der Waals surface area contributed by atoms with Crippen LogP contribution in [0.5, 0.6) is 5.75 Å². The van der Waals surface area contributed by atoms with Gasteiger partial charge in [0.05, 0.1) is 10.6 Å². The standard InChI is InChI=1S/C15H15N3O4/c1-9(2)15-16-11(8-14(20)17-15)5-3-10-4-6-13(19)12(7-10)18(21)22/h3-9,19H,1-2H3,(H,16,17,20)/p-1/b5-3+. The average Bonchev–Trinajstić information content (AvgIpc) is 2.45. The van der Waals surface area contributed by atoms with Gasteiger partial charge in [-0.25, -0.2) is 4.98 Å². The predicted octanol–water partition coefficient (Wildman–Crippen LogP) is 2.05. The lowest BCUT2D eigenvalue weighted by atomic mass is 10.1. The summed E-state index contributed by atoms with van der Waals surface area (Å²) in [5.41, 5.74) is 0.184. The molecule has 2 aromatic rings. The van der Waals surface area contributed by atoms with Crippen molar-refractivity contribution in [3.05, 3.63) is 61.8 Å². The van der Waals surface area contributed by atoms with Gasteiger partial charge in [-0.3, -0.25) is 14.9 Å². The number of nitrogens with zero attached hydrogens (tertiary/aromatic N) is 2. The summed E-state index contributed by atoms with van der Waals surface area (Å²) >= 11 is 0. The first-order chi connectivity index (χ1) is 10.4. The van der Waals surface area contributed by atoms with Gasteiger partial charge in [0.1, 0.15) is 5.82 Å². The number of aromatic nitrogens is 2. The average molecular weight is 300 g/mol. The summed E-state index contributed by atoms with van der Waals surface area (Å²) in [6, 6.07) is 5.14. The molecule has 0 aliphatic carbocycles. The molecule has 0 unspecified atom stereocenters. The number of hydrogen-bond donors (Lipinski definition) is 1. The lowest BCUT2D eigenvalue weighted by molar-refractivity contribution is -0.398. The predicted molar refractivity (Wildman–Crippen MR) is 80.4 cm³/mol. The number of benzene rings is 1. The molecule has 22 heavy (non-hydrogen) atoms. The van der Waals surface area contributed by atoms with Crippen molar-refractivity contribution in [3.63, 3.8) is 0 Å². The maximum absolute atomic E-state index is 11.6. The molecule has 0 atom stereocenters. The molecule has 1 heterocycles. The molecule has 1 aromatic heterocycles. The van der Waals surface area contributed by atoms with Crippen LogP contribution in [0.3, 0.4) is 0 Å². The number of nitrogens with one attached hydrogen (secondary N) is 1. The first-order valence-electron chi connectivity index (χ1n) is 6.61. The van der Waals surface area contributed by atoms with E-state index in [0.29, 0.717) is 17.1 Å². The van der Waals surface area contributed by atoms with Crippen molar-refractivity contribution in [2.75, 3.05) is 0 Å². The number of nitro benzene ring substituents is 1. The Hall–Kier alpha value is -2.96. The van der Waals surface area contributed by atoms with Gasteiger partial charge in [-0.15, -0.1) is 0 Å². The Balaban J connectivity index is 2.35. The zero-order valence-electron chi connectivity index (χ0n) is 12.1. The third kappa shape index (κ3) is 3.57. The Bertz CT molecular complexity index is 794. The highest BCUT2D eigenvalue weighted by Crippen LogP contribution is 2.24. The normalized spacial score (nSPS) is 11.2. The molecule has 0 aliphatic rings. The van der Waals surface area contributed by atoms with E-state index in [1.165, 1.54) is 18.2 Å². The van der Waals surface area contributed by atoms with Crippen LogP contribution >= 0.6 is 0 Å². The Labute approximate surface area is 126 Å². The smallest absolute Gasteiger partial charge is 0.262 e. The SMILES string of the molecule is CC(C)c1nc(/C=C/c2ccc([O-])c([N+](=O)[O-])c2)cc(=O)[nH]1. The molecule has 0 aliphatic heterocycles. The van der Waals surface area contributed by atoms with E-state index in [-0.39, 0.29) is 11.5 Å². The Morgan fingerprint density at radius 1 is 1.27 bits per heavy atom. The molecule has 0 bridgehead atoms. The van der Waals surface area contributed by atoms with Crippen LogP contribution in [-0.4, -0.2) is 14.9 Å². The molecule has 2 rings (SSSR count). The van der Waals surface area contributed by atoms with E-state index in [1.807, 2.05) is 13.8 Å². The molecular formula is C15H14N3O4-. The summed E-state index contributed by atoms with van der Waals surface area (Å²) in [5.74, 6) is -0.00607. The summed E-state index contributed by atoms with van der Waals surface area (Å²) in [4.78, 5) is 28.5. The molecule has 1 N–H and O–H groups in total. The zero-order chi connectivity index (χ0) is 16.3. The number of aromatic amines is 1. The van der Waals surface area contributed by atoms with Gasteiger partial charge in [0.25, 0.3) is 11.2 Å². The largest absolute Gasteiger partial charge is 0.868 e. The maximum atomic E-state index is 11.6. The highest BCUT2D eigenvalue weighted by molar-refractivity contribution is 5.70. The quantitative estimate of drug-likeness (QED) is 0.686. The number of H-pyrrole nitrogens is 1. The van der Waals surface area contributed by atoms with Crippen molar-refractivity contribution < 1.29 is 10.0 Å². The monoisotopic (exact) mass is 300 g/mol. The van der Waals surface area contributed by atoms with Gasteiger partial charge in [0, 0.05) is 18.1 Å². The van der Waals surface area contributed by atoms with Crippen molar-refractivity contribution >= 4 is 17.8 Å². The van der Waals surface area contributed by atoms with Crippen LogP contribution in [0.4, 0.5) is 5.69 Å². The van der Waals surface area contributed by atoms with Crippen LogP contribution in [0.25, 0.3) is 12.2 Å². The minimum absolute atomic E-state index is 0.0712. The van der Waals surface area contributed by atoms with Crippen LogP contribution in [0.15, 0.2) is 29.1 Å². The van der Waals surface area contributed by atoms with Gasteiger partial charge < -0.3 is 10.1 Å². The Morgan fingerprint density at radius 3 is 2.64 bits per heavy atom. The van der Waals surface area contributed by atoms with Crippen LogP contribution in [0, 0.1) is 10.1 Å². The van der Waals surface area contributed by atoms with Gasteiger partial charge in [0.2, 0.25) is 0 Å². The van der Waals surface area contributed by atoms with Crippen molar-refractivity contribution in [1.82, 2.24) is 9.97 Å². The minimum atomic E-state index is -0.720. The molecule has 7 nitrogen and oxygen atoms in total. The van der Waals surface area contributed by atoms with E-state index < -0.39 is 16.4 Å². The maximum Gasteiger partial charge on any atom is 0.262 e. The fourth-order valence-corrected chi connectivity index (χ4v) is 1.82. The van der Waals surface area contributed by atoms with Crippen LogP contribution in [0.1, 0.15) is 36.8 Å². The summed E-state index contributed by atoms with van der Waals surface area (Å²) in [6.45, 7) is 3.81. The molecule has 0 amide bonds. The molecular weight excluding hydrogens is 286 g/mol. The van der Waals surface area contributed by atoms with Gasteiger partial charge in [-0.05, 0) is 17.4 Å². The summed E-state index contributed by atoms with van der Waals surface area (Å²) in [5, 5.41) is 22.1. The van der Waals surface area contributed by atoms with E-state index in [4.69, 9.17) is 0 Å². The highest BCUT2D eigenvalue weighted by atomic mass is 16.6. The summed E-state index contributed by atoms with van der Waals surface area (Å²) in [7, 11) is 0. The molecule has 0 saturated heterocycles. The Morgan fingerprint density at radius 2 is 2.00 bits per heavy atom. The number of rotatable bonds is 4. The van der Waals surface area contributed by atoms with Gasteiger partial charge in [-0.1, -0.05) is 32.1 Å². The van der Waals surface area contributed by atoms with Crippen molar-refractivity contribution in [2.45, 2.75) is 19.8 Å². The van der Waals surface area contributed by atoms with Gasteiger partial charge in [-0.2, -0.15) is 0 Å². The van der Waals surface area contributed by atoms with Crippen molar-refractivity contribution in [1.29, 1.82) is 0 Å². The summed E-state index contributed by atoms with van der Waals surface area (Å²) < 4.78 is 0. The summed E-state index contributed by atoms with van der Waals surface area (Å²) in [6.07, 6.45) is 3.14. The molecule has 7 heteroatoms.